The van der Waals surface area contributed by atoms with Gasteiger partial charge in [-0.15, -0.1) is 0 Å². The van der Waals surface area contributed by atoms with Crippen LogP contribution in [0.15, 0.2) is 0 Å². The van der Waals surface area contributed by atoms with Crippen LogP contribution in [-0.4, -0.2) is 48.3 Å². The summed E-state index contributed by atoms with van der Waals surface area (Å²) in [6, 6.07) is -0.570. The van der Waals surface area contributed by atoms with E-state index < -0.39 is 17.4 Å². The molecule has 2 aliphatic heterocycles. The molecule has 0 radical (unpaired) electrons. The van der Waals surface area contributed by atoms with Crippen LogP contribution in [0.4, 0.5) is 0 Å². The molecule has 0 aromatic heterocycles. The van der Waals surface area contributed by atoms with E-state index in [-0.39, 0.29) is 18.4 Å². The highest BCUT2D eigenvalue weighted by atomic mass is 16.2. The Morgan fingerprint density at radius 2 is 2.21 bits per heavy atom. The normalized spacial score (nSPS) is 31.5. The van der Waals surface area contributed by atoms with Crippen molar-refractivity contribution in [1.29, 1.82) is 0 Å². The Bertz CT molecular complexity index is 402. The predicted molar refractivity (Wildman–Crippen MR) is 69.2 cm³/mol. The molecule has 0 aromatic carbocycles. The first-order chi connectivity index (χ1) is 9.00. The number of nitrogens with zero attached hydrogens (tertiary/aromatic N) is 1. The Kier molecular flexibility index (Phi) is 3.89. The van der Waals surface area contributed by atoms with E-state index in [1.54, 1.807) is 6.92 Å². The summed E-state index contributed by atoms with van der Waals surface area (Å²) < 4.78 is 0. The summed E-state index contributed by atoms with van der Waals surface area (Å²) in [5.74, 6) is -0.841. The summed E-state index contributed by atoms with van der Waals surface area (Å²) in [6.07, 6.45) is 2.48. The van der Waals surface area contributed by atoms with E-state index in [1.165, 1.54) is 4.90 Å². The monoisotopic (exact) mass is 267 g/mol. The molecule has 0 spiro atoms. The van der Waals surface area contributed by atoms with Crippen molar-refractivity contribution < 1.29 is 14.4 Å². The summed E-state index contributed by atoms with van der Waals surface area (Å²) in [5.41, 5.74) is -0.444. The van der Waals surface area contributed by atoms with Gasteiger partial charge in [-0.25, -0.2) is 0 Å². The molecule has 2 saturated heterocycles. The number of hydrogen-bond acceptors (Lipinski definition) is 4. The Morgan fingerprint density at radius 1 is 1.47 bits per heavy atom. The molecule has 106 valence electrons. The van der Waals surface area contributed by atoms with E-state index in [9.17, 15) is 14.4 Å². The molecule has 2 heterocycles. The average Bonchev–Trinajstić information content (AvgIpc) is 2.83. The average molecular weight is 267 g/mol. The maximum atomic E-state index is 12.8. The van der Waals surface area contributed by atoms with E-state index >= 15 is 0 Å². The van der Waals surface area contributed by atoms with Crippen LogP contribution in [0.25, 0.3) is 0 Å². The first-order valence-corrected chi connectivity index (χ1v) is 6.85. The number of piperazine rings is 1. The highest BCUT2D eigenvalue weighted by Crippen LogP contribution is 2.34. The molecule has 0 aliphatic carbocycles. The SMILES string of the molecule is CCCC1(C(=O)N2CC(=O)NC(=O)C2C)CCNC1. The fourth-order valence-electron chi connectivity index (χ4n) is 2.99. The van der Waals surface area contributed by atoms with E-state index in [1.807, 2.05) is 6.92 Å². The highest BCUT2D eigenvalue weighted by molar-refractivity contribution is 6.04. The molecular formula is C13H21N3O3. The molecule has 6 nitrogen and oxygen atoms in total. The van der Waals surface area contributed by atoms with Crippen molar-refractivity contribution in [2.24, 2.45) is 5.41 Å². The van der Waals surface area contributed by atoms with Gasteiger partial charge in [-0.3, -0.25) is 19.7 Å². The molecule has 0 bridgehead atoms. The van der Waals surface area contributed by atoms with Gasteiger partial charge < -0.3 is 10.2 Å². The first kappa shape index (κ1) is 14.0. The summed E-state index contributed by atoms with van der Waals surface area (Å²) in [6.45, 7) is 5.15. The lowest BCUT2D eigenvalue weighted by Gasteiger charge is -2.38. The van der Waals surface area contributed by atoms with Crippen LogP contribution in [0.2, 0.25) is 0 Å². The fraction of sp³-hybridized carbons (Fsp3) is 0.769. The topological polar surface area (TPSA) is 78.5 Å². The second-order valence-corrected chi connectivity index (χ2v) is 5.48. The molecule has 2 fully saturated rings. The van der Waals surface area contributed by atoms with Gasteiger partial charge in [-0.2, -0.15) is 0 Å². The van der Waals surface area contributed by atoms with Crippen molar-refractivity contribution in [2.75, 3.05) is 19.6 Å². The molecule has 2 unspecified atom stereocenters. The third kappa shape index (κ3) is 2.49. The van der Waals surface area contributed by atoms with E-state index in [0.29, 0.717) is 6.54 Å². The molecule has 0 saturated carbocycles. The number of amides is 3. The van der Waals surface area contributed by atoms with E-state index in [4.69, 9.17) is 0 Å². The lowest BCUT2D eigenvalue weighted by Crippen LogP contribution is -2.61. The Morgan fingerprint density at radius 3 is 2.79 bits per heavy atom. The van der Waals surface area contributed by atoms with Gasteiger partial charge in [0.1, 0.15) is 12.6 Å². The number of hydrogen-bond donors (Lipinski definition) is 2. The van der Waals surface area contributed by atoms with Crippen molar-refractivity contribution in [2.45, 2.75) is 39.2 Å². The van der Waals surface area contributed by atoms with Crippen molar-refractivity contribution in [1.82, 2.24) is 15.5 Å². The van der Waals surface area contributed by atoms with Crippen LogP contribution in [0.3, 0.4) is 0 Å². The summed E-state index contributed by atoms with van der Waals surface area (Å²) >= 11 is 0. The van der Waals surface area contributed by atoms with Gasteiger partial charge in [0.2, 0.25) is 17.7 Å². The minimum Gasteiger partial charge on any atom is -0.321 e. The number of nitrogens with one attached hydrogen (secondary N) is 2. The van der Waals surface area contributed by atoms with Gasteiger partial charge in [-0.05, 0) is 26.3 Å². The molecule has 2 atom stereocenters. The molecular weight excluding hydrogens is 246 g/mol. The highest BCUT2D eigenvalue weighted by Gasteiger charge is 2.46. The van der Waals surface area contributed by atoms with Crippen LogP contribution in [-0.2, 0) is 14.4 Å². The molecule has 2 rings (SSSR count). The third-order valence-corrected chi connectivity index (χ3v) is 4.11. The standard InChI is InChI=1S/C13H21N3O3/c1-3-4-13(5-6-14-8-13)12(19)16-7-10(17)15-11(18)9(16)2/h9,14H,3-8H2,1-2H3,(H,15,17,18). The van der Waals surface area contributed by atoms with Crippen LogP contribution >= 0.6 is 0 Å². The van der Waals surface area contributed by atoms with Gasteiger partial charge in [0.05, 0.1) is 5.41 Å². The summed E-state index contributed by atoms with van der Waals surface area (Å²) in [7, 11) is 0. The zero-order valence-electron chi connectivity index (χ0n) is 11.5. The maximum Gasteiger partial charge on any atom is 0.249 e. The third-order valence-electron chi connectivity index (χ3n) is 4.11. The van der Waals surface area contributed by atoms with E-state index in [0.717, 1.165) is 25.8 Å². The Hall–Kier alpha value is -1.43. The largest absolute Gasteiger partial charge is 0.321 e. The van der Waals surface area contributed by atoms with Crippen LogP contribution in [0, 0.1) is 5.41 Å². The van der Waals surface area contributed by atoms with Crippen molar-refractivity contribution >= 4 is 17.7 Å². The number of rotatable bonds is 3. The summed E-state index contributed by atoms with van der Waals surface area (Å²) in [5, 5.41) is 5.48. The number of carbonyl (C=O) groups excluding carboxylic acids is 3. The van der Waals surface area contributed by atoms with Crippen molar-refractivity contribution in [3.05, 3.63) is 0 Å². The fourth-order valence-corrected chi connectivity index (χ4v) is 2.99. The predicted octanol–water partition coefficient (Wildman–Crippen LogP) is -0.360. The van der Waals surface area contributed by atoms with Gasteiger partial charge in [0, 0.05) is 6.54 Å². The van der Waals surface area contributed by atoms with Gasteiger partial charge in [0.15, 0.2) is 0 Å². The van der Waals surface area contributed by atoms with Gasteiger partial charge in [0.25, 0.3) is 0 Å². The van der Waals surface area contributed by atoms with Crippen molar-refractivity contribution in [3.63, 3.8) is 0 Å². The molecule has 19 heavy (non-hydrogen) atoms. The number of carbonyl (C=O) groups is 3. The van der Waals surface area contributed by atoms with Crippen LogP contribution < -0.4 is 10.6 Å². The van der Waals surface area contributed by atoms with Crippen molar-refractivity contribution in [3.8, 4) is 0 Å². The molecule has 6 heteroatoms. The Labute approximate surface area is 112 Å². The zero-order valence-corrected chi connectivity index (χ0v) is 11.5. The molecule has 2 N–H and O–H groups in total. The smallest absolute Gasteiger partial charge is 0.249 e. The van der Waals surface area contributed by atoms with E-state index in [2.05, 4.69) is 10.6 Å². The van der Waals surface area contributed by atoms with Gasteiger partial charge in [-0.1, -0.05) is 13.3 Å². The summed E-state index contributed by atoms with van der Waals surface area (Å²) in [4.78, 5) is 37.3. The lowest BCUT2D eigenvalue weighted by atomic mass is 9.80. The maximum absolute atomic E-state index is 12.8. The quantitative estimate of drug-likeness (QED) is 0.685. The zero-order chi connectivity index (χ0) is 14.0. The minimum absolute atomic E-state index is 0.0167. The minimum atomic E-state index is -0.570. The second-order valence-electron chi connectivity index (χ2n) is 5.48. The molecule has 2 aliphatic rings. The molecule has 0 aromatic rings. The molecule has 3 amide bonds. The Balaban J connectivity index is 2.21. The number of imide groups is 1. The van der Waals surface area contributed by atoms with Crippen LogP contribution in [0.5, 0.6) is 0 Å². The first-order valence-electron chi connectivity index (χ1n) is 6.85. The lowest BCUT2D eigenvalue weighted by molar-refractivity contribution is -0.155. The van der Waals surface area contributed by atoms with Gasteiger partial charge >= 0.3 is 0 Å². The second kappa shape index (κ2) is 5.28. The van der Waals surface area contributed by atoms with Crippen LogP contribution in [0.1, 0.15) is 33.1 Å².